The quantitative estimate of drug-likeness (QED) is 0.881. The Labute approximate surface area is 114 Å². The van der Waals surface area contributed by atoms with Crippen molar-refractivity contribution in [3.05, 3.63) is 29.3 Å². The first-order chi connectivity index (χ1) is 9.13. The number of nitrogens with zero attached hydrogens (tertiary/aromatic N) is 1. The van der Waals surface area contributed by atoms with Crippen molar-refractivity contribution in [2.24, 2.45) is 0 Å². The SMILES string of the molecule is CCN(CC)CC(=O)NC1COc2ccc(C)cc21. The molecule has 0 bridgehead atoms. The molecule has 1 unspecified atom stereocenters. The van der Waals surface area contributed by atoms with Crippen molar-refractivity contribution in [3.8, 4) is 5.75 Å². The second-order valence-electron chi connectivity index (χ2n) is 4.93. The number of benzene rings is 1. The van der Waals surface area contributed by atoms with Crippen LogP contribution in [0.3, 0.4) is 0 Å². The number of nitrogens with one attached hydrogen (secondary N) is 1. The highest BCUT2D eigenvalue weighted by Gasteiger charge is 2.25. The number of carbonyl (C=O) groups is 1. The number of aryl methyl sites for hydroxylation is 1. The molecule has 2 rings (SSSR count). The van der Waals surface area contributed by atoms with Gasteiger partial charge in [0.15, 0.2) is 0 Å². The third-order valence-electron chi connectivity index (χ3n) is 3.54. The van der Waals surface area contributed by atoms with Crippen LogP contribution >= 0.6 is 0 Å². The van der Waals surface area contributed by atoms with E-state index in [1.807, 2.05) is 19.1 Å². The van der Waals surface area contributed by atoms with Crippen LogP contribution in [0.2, 0.25) is 0 Å². The molecule has 1 atom stereocenters. The van der Waals surface area contributed by atoms with Gasteiger partial charge in [-0.2, -0.15) is 0 Å². The van der Waals surface area contributed by atoms with Gasteiger partial charge < -0.3 is 10.1 Å². The van der Waals surface area contributed by atoms with E-state index in [0.717, 1.165) is 24.4 Å². The molecule has 1 amide bonds. The summed E-state index contributed by atoms with van der Waals surface area (Å²) in [7, 11) is 0. The lowest BCUT2D eigenvalue weighted by Crippen LogP contribution is -2.39. The molecule has 1 aromatic carbocycles. The van der Waals surface area contributed by atoms with E-state index < -0.39 is 0 Å². The summed E-state index contributed by atoms with van der Waals surface area (Å²) in [5, 5.41) is 3.06. The Hall–Kier alpha value is -1.55. The Morgan fingerprint density at radius 2 is 2.16 bits per heavy atom. The molecule has 0 radical (unpaired) electrons. The molecule has 1 aliphatic rings. The minimum atomic E-state index is -0.0158. The number of fused-ring (bicyclic) bond motifs is 1. The van der Waals surface area contributed by atoms with E-state index >= 15 is 0 Å². The number of rotatable bonds is 5. The third-order valence-corrected chi connectivity index (χ3v) is 3.54. The molecule has 0 fully saturated rings. The Balaban J connectivity index is 1.99. The molecule has 0 spiro atoms. The number of hydrogen-bond acceptors (Lipinski definition) is 3. The van der Waals surface area contributed by atoms with Crippen LogP contribution in [0, 0.1) is 6.92 Å². The van der Waals surface area contributed by atoms with Crippen LogP contribution in [-0.4, -0.2) is 37.0 Å². The fourth-order valence-corrected chi connectivity index (χ4v) is 2.34. The maximum Gasteiger partial charge on any atom is 0.234 e. The average molecular weight is 262 g/mol. The molecular formula is C15H22N2O2. The van der Waals surface area contributed by atoms with Crippen LogP contribution in [0.1, 0.15) is 31.0 Å². The van der Waals surface area contributed by atoms with Gasteiger partial charge in [0.25, 0.3) is 0 Å². The lowest BCUT2D eigenvalue weighted by atomic mass is 10.1. The molecule has 104 valence electrons. The van der Waals surface area contributed by atoms with E-state index in [0.29, 0.717) is 13.2 Å². The summed E-state index contributed by atoms with van der Waals surface area (Å²) in [4.78, 5) is 14.1. The molecule has 1 aromatic rings. The fourth-order valence-electron chi connectivity index (χ4n) is 2.34. The Morgan fingerprint density at radius 3 is 2.84 bits per heavy atom. The van der Waals surface area contributed by atoms with E-state index in [2.05, 4.69) is 30.1 Å². The molecule has 1 heterocycles. The molecular weight excluding hydrogens is 240 g/mol. The second-order valence-corrected chi connectivity index (χ2v) is 4.93. The summed E-state index contributed by atoms with van der Waals surface area (Å²) < 4.78 is 5.60. The monoisotopic (exact) mass is 262 g/mol. The summed E-state index contributed by atoms with van der Waals surface area (Å²) in [6.45, 7) is 8.94. The van der Waals surface area contributed by atoms with Crippen molar-refractivity contribution in [2.45, 2.75) is 26.8 Å². The van der Waals surface area contributed by atoms with E-state index in [1.54, 1.807) is 0 Å². The van der Waals surface area contributed by atoms with Crippen LogP contribution in [-0.2, 0) is 4.79 Å². The molecule has 0 saturated heterocycles. The van der Waals surface area contributed by atoms with E-state index in [9.17, 15) is 4.79 Å². The lowest BCUT2D eigenvalue weighted by Gasteiger charge is -2.19. The van der Waals surface area contributed by atoms with Gasteiger partial charge in [0, 0.05) is 5.56 Å². The normalized spacial score (nSPS) is 17.2. The predicted octanol–water partition coefficient (Wildman–Crippen LogP) is 1.89. The largest absolute Gasteiger partial charge is 0.491 e. The Kier molecular flexibility index (Phi) is 4.43. The van der Waals surface area contributed by atoms with Crippen molar-refractivity contribution < 1.29 is 9.53 Å². The molecule has 4 nitrogen and oxygen atoms in total. The van der Waals surface area contributed by atoms with Gasteiger partial charge in [-0.05, 0) is 26.1 Å². The van der Waals surface area contributed by atoms with Crippen molar-refractivity contribution in [1.82, 2.24) is 10.2 Å². The first kappa shape index (κ1) is 13.9. The highest BCUT2D eigenvalue weighted by molar-refractivity contribution is 5.78. The summed E-state index contributed by atoms with van der Waals surface area (Å²) in [6, 6.07) is 6.07. The number of likely N-dealkylation sites (N-methyl/N-ethyl adjacent to an activating group) is 1. The van der Waals surface area contributed by atoms with Crippen molar-refractivity contribution >= 4 is 5.91 Å². The standard InChI is InChI=1S/C15H22N2O2/c1-4-17(5-2)9-15(18)16-13-10-19-14-7-6-11(3)8-12(13)14/h6-8,13H,4-5,9-10H2,1-3H3,(H,16,18). The molecule has 0 aliphatic carbocycles. The zero-order valence-electron chi connectivity index (χ0n) is 11.9. The van der Waals surface area contributed by atoms with Crippen LogP contribution in [0.25, 0.3) is 0 Å². The van der Waals surface area contributed by atoms with Crippen molar-refractivity contribution in [3.63, 3.8) is 0 Å². The number of hydrogen-bond donors (Lipinski definition) is 1. The maximum absolute atomic E-state index is 12.0. The zero-order chi connectivity index (χ0) is 13.8. The topological polar surface area (TPSA) is 41.6 Å². The van der Waals surface area contributed by atoms with Gasteiger partial charge in [-0.1, -0.05) is 31.5 Å². The number of ether oxygens (including phenoxy) is 1. The smallest absolute Gasteiger partial charge is 0.234 e. The summed E-state index contributed by atoms with van der Waals surface area (Å²) in [5.74, 6) is 0.949. The van der Waals surface area contributed by atoms with Gasteiger partial charge in [-0.25, -0.2) is 0 Å². The van der Waals surface area contributed by atoms with Crippen LogP contribution in [0.4, 0.5) is 0 Å². The van der Waals surface area contributed by atoms with Gasteiger partial charge in [-0.15, -0.1) is 0 Å². The van der Waals surface area contributed by atoms with Gasteiger partial charge >= 0.3 is 0 Å². The fraction of sp³-hybridized carbons (Fsp3) is 0.533. The molecule has 0 aromatic heterocycles. The zero-order valence-corrected chi connectivity index (χ0v) is 11.9. The van der Waals surface area contributed by atoms with E-state index in [4.69, 9.17) is 4.74 Å². The third kappa shape index (κ3) is 3.26. The summed E-state index contributed by atoms with van der Waals surface area (Å²) in [6.07, 6.45) is 0. The molecule has 4 heteroatoms. The Bertz CT molecular complexity index is 455. The lowest BCUT2D eigenvalue weighted by molar-refractivity contribution is -0.123. The Morgan fingerprint density at radius 1 is 1.42 bits per heavy atom. The van der Waals surface area contributed by atoms with Gasteiger partial charge in [0.05, 0.1) is 12.6 Å². The maximum atomic E-state index is 12.0. The highest BCUT2D eigenvalue weighted by atomic mass is 16.5. The van der Waals surface area contributed by atoms with Crippen molar-refractivity contribution in [2.75, 3.05) is 26.2 Å². The summed E-state index contributed by atoms with van der Waals surface area (Å²) >= 11 is 0. The van der Waals surface area contributed by atoms with E-state index in [1.165, 1.54) is 5.56 Å². The van der Waals surface area contributed by atoms with Crippen LogP contribution in [0.5, 0.6) is 5.75 Å². The molecule has 0 saturated carbocycles. The summed E-state index contributed by atoms with van der Waals surface area (Å²) in [5.41, 5.74) is 2.28. The average Bonchev–Trinajstić information content (AvgIpc) is 2.78. The highest BCUT2D eigenvalue weighted by Crippen LogP contribution is 2.32. The number of amides is 1. The first-order valence-corrected chi connectivity index (χ1v) is 6.89. The van der Waals surface area contributed by atoms with Crippen molar-refractivity contribution in [1.29, 1.82) is 0 Å². The van der Waals surface area contributed by atoms with E-state index in [-0.39, 0.29) is 11.9 Å². The predicted molar refractivity (Wildman–Crippen MR) is 75.3 cm³/mol. The first-order valence-electron chi connectivity index (χ1n) is 6.89. The molecule has 1 aliphatic heterocycles. The number of carbonyl (C=O) groups excluding carboxylic acids is 1. The minimum Gasteiger partial charge on any atom is -0.491 e. The van der Waals surface area contributed by atoms with Crippen LogP contribution in [0.15, 0.2) is 18.2 Å². The van der Waals surface area contributed by atoms with Gasteiger partial charge in [0.2, 0.25) is 5.91 Å². The minimum absolute atomic E-state index is 0.0158. The van der Waals surface area contributed by atoms with Crippen LogP contribution < -0.4 is 10.1 Å². The molecule has 19 heavy (non-hydrogen) atoms. The molecule has 1 N–H and O–H groups in total. The second kappa shape index (κ2) is 6.06. The van der Waals surface area contributed by atoms with Gasteiger partial charge in [-0.3, -0.25) is 9.69 Å². The van der Waals surface area contributed by atoms with Gasteiger partial charge in [0.1, 0.15) is 12.4 Å².